The van der Waals surface area contributed by atoms with Crippen LogP contribution in [0.3, 0.4) is 0 Å². The Morgan fingerprint density at radius 1 is 1.26 bits per heavy atom. The van der Waals surface area contributed by atoms with Crippen molar-refractivity contribution in [3.63, 3.8) is 0 Å². The summed E-state index contributed by atoms with van der Waals surface area (Å²) in [6.07, 6.45) is 8.35. The summed E-state index contributed by atoms with van der Waals surface area (Å²) >= 11 is 0. The Morgan fingerprint density at radius 2 is 1.89 bits per heavy atom. The number of rotatable bonds is 5. The molecule has 2 rings (SSSR count). The molecule has 0 atom stereocenters. The van der Waals surface area contributed by atoms with E-state index in [0.29, 0.717) is 0 Å². The Kier molecular flexibility index (Phi) is 5.26. The molecule has 19 heavy (non-hydrogen) atoms. The van der Waals surface area contributed by atoms with Crippen molar-refractivity contribution in [2.24, 2.45) is 11.3 Å². The van der Waals surface area contributed by atoms with Crippen LogP contribution in [-0.4, -0.2) is 37.0 Å². The van der Waals surface area contributed by atoms with Crippen LogP contribution in [0, 0.1) is 11.3 Å². The summed E-state index contributed by atoms with van der Waals surface area (Å²) in [7, 11) is 0. The van der Waals surface area contributed by atoms with Gasteiger partial charge in [-0.05, 0) is 57.7 Å². The van der Waals surface area contributed by atoms with Crippen LogP contribution in [-0.2, 0) is 4.79 Å². The molecule has 1 saturated carbocycles. The molecule has 2 aliphatic rings. The molecule has 0 spiro atoms. The van der Waals surface area contributed by atoms with E-state index in [4.69, 9.17) is 0 Å². The van der Waals surface area contributed by atoms with Gasteiger partial charge in [-0.3, -0.25) is 4.79 Å². The zero-order valence-electron chi connectivity index (χ0n) is 12.7. The van der Waals surface area contributed by atoms with Crippen molar-refractivity contribution in [1.29, 1.82) is 0 Å². The van der Waals surface area contributed by atoms with Crippen LogP contribution in [0.2, 0.25) is 0 Å². The van der Waals surface area contributed by atoms with Crippen LogP contribution >= 0.6 is 0 Å². The molecular weight excluding hydrogens is 236 g/mol. The van der Waals surface area contributed by atoms with E-state index in [9.17, 15) is 4.79 Å². The molecule has 0 radical (unpaired) electrons. The topological polar surface area (TPSA) is 32.3 Å². The third-order valence-corrected chi connectivity index (χ3v) is 5.07. The van der Waals surface area contributed by atoms with Crippen LogP contribution in [0.25, 0.3) is 0 Å². The van der Waals surface area contributed by atoms with Gasteiger partial charge in [0.25, 0.3) is 0 Å². The summed E-state index contributed by atoms with van der Waals surface area (Å²) in [6, 6.07) is 0. The lowest BCUT2D eigenvalue weighted by Crippen LogP contribution is -2.39. The lowest BCUT2D eigenvalue weighted by atomic mass is 9.88. The monoisotopic (exact) mass is 266 g/mol. The Balaban J connectivity index is 1.58. The summed E-state index contributed by atoms with van der Waals surface area (Å²) < 4.78 is 0. The van der Waals surface area contributed by atoms with Crippen molar-refractivity contribution in [3.05, 3.63) is 0 Å². The van der Waals surface area contributed by atoms with Crippen LogP contribution in [0.15, 0.2) is 0 Å². The first-order valence-electron chi connectivity index (χ1n) is 8.11. The molecular formula is C16H30N2O. The van der Waals surface area contributed by atoms with E-state index < -0.39 is 0 Å². The van der Waals surface area contributed by atoms with Crippen molar-refractivity contribution in [2.45, 2.75) is 58.8 Å². The lowest BCUT2D eigenvalue weighted by Gasteiger charge is -2.30. The average molecular weight is 266 g/mol. The first kappa shape index (κ1) is 14.8. The van der Waals surface area contributed by atoms with Gasteiger partial charge in [-0.15, -0.1) is 0 Å². The molecule has 1 amide bonds. The smallest absolute Gasteiger partial charge is 0.225 e. The van der Waals surface area contributed by atoms with Gasteiger partial charge in [0.1, 0.15) is 0 Å². The number of piperidine rings is 1. The quantitative estimate of drug-likeness (QED) is 0.776. The predicted molar refractivity (Wildman–Crippen MR) is 79.0 cm³/mol. The Labute approximate surface area is 118 Å². The van der Waals surface area contributed by atoms with Crippen molar-refractivity contribution in [3.8, 4) is 0 Å². The summed E-state index contributed by atoms with van der Waals surface area (Å²) in [4.78, 5) is 14.7. The van der Waals surface area contributed by atoms with E-state index >= 15 is 0 Å². The molecule has 1 aliphatic carbocycles. The Morgan fingerprint density at radius 3 is 2.53 bits per heavy atom. The third-order valence-electron chi connectivity index (χ3n) is 5.07. The molecule has 1 N–H and O–H groups in total. The van der Waals surface area contributed by atoms with Gasteiger partial charge in [-0.1, -0.05) is 26.7 Å². The first-order chi connectivity index (χ1) is 9.10. The first-order valence-corrected chi connectivity index (χ1v) is 8.11. The maximum Gasteiger partial charge on any atom is 0.225 e. The number of nitrogens with zero attached hydrogens (tertiary/aromatic N) is 1. The van der Waals surface area contributed by atoms with E-state index in [0.717, 1.165) is 38.3 Å². The zero-order valence-corrected chi connectivity index (χ0v) is 12.7. The standard InChI is InChI=1S/C16H30N2O/c1-14-6-12-18(13-7-14)11-5-10-17-15(19)16(2)8-3-4-9-16/h14H,3-13H2,1-2H3,(H,17,19). The largest absolute Gasteiger partial charge is 0.356 e. The molecule has 3 heteroatoms. The number of carbonyl (C=O) groups is 1. The van der Waals surface area contributed by atoms with E-state index in [1.807, 2.05) is 0 Å². The van der Waals surface area contributed by atoms with Crippen molar-refractivity contribution < 1.29 is 4.79 Å². The van der Waals surface area contributed by atoms with Gasteiger partial charge >= 0.3 is 0 Å². The van der Waals surface area contributed by atoms with E-state index in [1.54, 1.807) is 0 Å². The number of carbonyl (C=O) groups excluding carboxylic acids is 1. The second-order valence-electron chi connectivity index (χ2n) is 6.90. The SMILES string of the molecule is CC1CCN(CCCNC(=O)C2(C)CCCC2)CC1. The molecule has 1 heterocycles. The molecule has 0 aromatic heterocycles. The molecule has 0 aromatic carbocycles. The number of likely N-dealkylation sites (tertiary alicyclic amines) is 1. The van der Waals surface area contributed by atoms with E-state index in [1.165, 1.54) is 38.8 Å². The molecule has 2 fully saturated rings. The van der Waals surface area contributed by atoms with Gasteiger partial charge in [-0.25, -0.2) is 0 Å². The highest BCUT2D eigenvalue weighted by Crippen LogP contribution is 2.37. The second kappa shape index (κ2) is 6.74. The van der Waals surface area contributed by atoms with Gasteiger partial charge in [-0.2, -0.15) is 0 Å². The molecule has 0 bridgehead atoms. The fraction of sp³-hybridized carbons (Fsp3) is 0.938. The van der Waals surface area contributed by atoms with Gasteiger partial charge in [0, 0.05) is 12.0 Å². The summed E-state index contributed by atoms with van der Waals surface area (Å²) in [5.41, 5.74) is -0.0689. The summed E-state index contributed by atoms with van der Waals surface area (Å²) in [6.45, 7) is 8.95. The molecule has 1 saturated heterocycles. The van der Waals surface area contributed by atoms with E-state index in [2.05, 4.69) is 24.1 Å². The maximum absolute atomic E-state index is 12.1. The molecule has 0 unspecified atom stereocenters. The number of nitrogens with one attached hydrogen (secondary N) is 1. The van der Waals surface area contributed by atoms with Gasteiger partial charge in [0.15, 0.2) is 0 Å². The Bertz CT molecular complexity index is 289. The van der Waals surface area contributed by atoms with Crippen molar-refractivity contribution in [2.75, 3.05) is 26.2 Å². The highest BCUT2D eigenvalue weighted by molar-refractivity contribution is 5.82. The zero-order chi connectivity index (χ0) is 13.7. The Hall–Kier alpha value is -0.570. The highest BCUT2D eigenvalue weighted by atomic mass is 16.2. The maximum atomic E-state index is 12.1. The predicted octanol–water partition coefficient (Wildman–Crippen LogP) is 2.80. The molecule has 110 valence electrons. The van der Waals surface area contributed by atoms with Gasteiger partial charge < -0.3 is 10.2 Å². The van der Waals surface area contributed by atoms with Crippen LogP contribution in [0.1, 0.15) is 58.8 Å². The van der Waals surface area contributed by atoms with Gasteiger partial charge in [0.2, 0.25) is 5.91 Å². The van der Waals surface area contributed by atoms with Crippen LogP contribution < -0.4 is 5.32 Å². The van der Waals surface area contributed by atoms with Crippen molar-refractivity contribution in [1.82, 2.24) is 10.2 Å². The fourth-order valence-corrected chi connectivity index (χ4v) is 3.39. The molecule has 3 nitrogen and oxygen atoms in total. The normalized spacial score (nSPS) is 24.5. The van der Waals surface area contributed by atoms with E-state index in [-0.39, 0.29) is 11.3 Å². The minimum atomic E-state index is -0.0689. The van der Waals surface area contributed by atoms with Crippen LogP contribution in [0.4, 0.5) is 0 Å². The summed E-state index contributed by atoms with van der Waals surface area (Å²) in [5, 5.41) is 3.15. The third kappa shape index (κ3) is 4.20. The lowest BCUT2D eigenvalue weighted by molar-refractivity contribution is -0.129. The summed E-state index contributed by atoms with van der Waals surface area (Å²) in [5.74, 6) is 1.19. The minimum absolute atomic E-state index is 0.0689. The number of amides is 1. The highest BCUT2D eigenvalue weighted by Gasteiger charge is 2.35. The second-order valence-corrected chi connectivity index (χ2v) is 6.90. The average Bonchev–Trinajstić information content (AvgIpc) is 2.85. The fourth-order valence-electron chi connectivity index (χ4n) is 3.39. The van der Waals surface area contributed by atoms with Crippen LogP contribution in [0.5, 0.6) is 0 Å². The molecule has 0 aromatic rings. The minimum Gasteiger partial charge on any atom is -0.356 e. The number of hydrogen-bond donors (Lipinski definition) is 1. The number of hydrogen-bond acceptors (Lipinski definition) is 2. The van der Waals surface area contributed by atoms with Crippen molar-refractivity contribution >= 4 is 5.91 Å². The molecule has 1 aliphatic heterocycles. The van der Waals surface area contributed by atoms with Gasteiger partial charge in [0.05, 0.1) is 0 Å².